The molecule has 0 radical (unpaired) electrons. The van der Waals surface area contributed by atoms with Crippen molar-refractivity contribution in [2.24, 2.45) is 5.92 Å². The van der Waals surface area contributed by atoms with E-state index in [9.17, 15) is 0 Å². The number of hydrogen-bond acceptors (Lipinski definition) is 4. The van der Waals surface area contributed by atoms with Gasteiger partial charge in [0.15, 0.2) is 0 Å². The second-order valence-corrected chi connectivity index (χ2v) is 5.88. The summed E-state index contributed by atoms with van der Waals surface area (Å²) in [4.78, 5) is 2.55. The van der Waals surface area contributed by atoms with Gasteiger partial charge in [-0.2, -0.15) is 0 Å². The molecule has 0 saturated carbocycles. The van der Waals surface area contributed by atoms with E-state index in [0.717, 1.165) is 42.6 Å². The van der Waals surface area contributed by atoms with Crippen LogP contribution in [0, 0.1) is 5.92 Å². The summed E-state index contributed by atoms with van der Waals surface area (Å²) in [5, 5.41) is 3.51. The molecule has 1 aromatic rings. The highest BCUT2D eigenvalue weighted by Gasteiger charge is 2.14. The Hall–Kier alpha value is -1.26. The molecular formula is C17H28N2O2. The Balaban J connectivity index is 1.75. The van der Waals surface area contributed by atoms with Gasteiger partial charge in [0.05, 0.1) is 14.2 Å². The fraction of sp³-hybridized carbons (Fsp3) is 0.647. The third kappa shape index (κ3) is 4.90. The largest absolute Gasteiger partial charge is 0.497 e. The Bertz CT molecular complexity index is 429. The zero-order valence-electron chi connectivity index (χ0n) is 13.5. The minimum Gasteiger partial charge on any atom is -0.497 e. The molecule has 0 amide bonds. The maximum absolute atomic E-state index is 5.40. The van der Waals surface area contributed by atoms with Crippen LogP contribution in [-0.4, -0.2) is 45.3 Å². The van der Waals surface area contributed by atoms with Crippen LogP contribution in [0.15, 0.2) is 18.2 Å². The van der Waals surface area contributed by atoms with E-state index < -0.39 is 0 Å². The van der Waals surface area contributed by atoms with Crippen molar-refractivity contribution in [1.82, 2.24) is 10.2 Å². The summed E-state index contributed by atoms with van der Waals surface area (Å²) in [5.41, 5.74) is 1.14. The van der Waals surface area contributed by atoms with Crippen molar-refractivity contribution >= 4 is 0 Å². The van der Waals surface area contributed by atoms with Crippen LogP contribution in [0.25, 0.3) is 0 Å². The molecule has 0 aromatic heterocycles. The molecule has 1 aliphatic rings. The van der Waals surface area contributed by atoms with E-state index in [-0.39, 0.29) is 0 Å². The fourth-order valence-corrected chi connectivity index (χ4v) is 2.77. The van der Waals surface area contributed by atoms with Gasteiger partial charge in [-0.25, -0.2) is 0 Å². The number of rotatable bonds is 7. The first kappa shape index (κ1) is 16.1. The summed E-state index contributed by atoms with van der Waals surface area (Å²) in [7, 11) is 3.40. The van der Waals surface area contributed by atoms with Gasteiger partial charge in [-0.05, 0) is 50.0 Å². The molecule has 0 unspecified atom stereocenters. The summed E-state index contributed by atoms with van der Waals surface area (Å²) in [6, 6.07) is 5.92. The molecule has 1 fully saturated rings. The lowest BCUT2D eigenvalue weighted by atomic mass is 9.99. The zero-order chi connectivity index (χ0) is 15.1. The first-order chi connectivity index (χ1) is 10.2. The van der Waals surface area contributed by atoms with Crippen LogP contribution in [0.2, 0.25) is 0 Å². The maximum atomic E-state index is 5.40. The molecule has 1 aliphatic heterocycles. The van der Waals surface area contributed by atoms with Gasteiger partial charge in [-0.15, -0.1) is 0 Å². The minimum atomic E-state index is 0.810. The predicted octanol–water partition coefficient (Wildman–Crippen LogP) is 2.53. The lowest BCUT2D eigenvalue weighted by Crippen LogP contribution is -2.37. The van der Waals surface area contributed by atoms with Gasteiger partial charge in [-0.3, -0.25) is 0 Å². The molecule has 0 spiro atoms. The molecule has 1 heterocycles. The van der Waals surface area contributed by atoms with E-state index in [1.807, 2.05) is 18.2 Å². The van der Waals surface area contributed by atoms with Crippen LogP contribution in [0.3, 0.4) is 0 Å². The molecule has 0 atom stereocenters. The zero-order valence-corrected chi connectivity index (χ0v) is 13.5. The Morgan fingerprint density at radius 3 is 2.62 bits per heavy atom. The van der Waals surface area contributed by atoms with E-state index >= 15 is 0 Å². The molecule has 0 aliphatic carbocycles. The van der Waals surface area contributed by atoms with Crippen molar-refractivity contribution in [1.29, 1.82) is 0 Å². The molecule has 0 bridgehead atoms. The van der Waals surface area contributed by atoms with E-state index in [4.69, 9.17) is 9.47 Å². The van der Waals surface area contributed by atoms with Crippen molar-refractivity contribution in [3.05, 3.63) is 23.8 Å². The molecule has 1 N–H and O–H groups in total. The molecule has 2 rings (SSSR count). The van der Waals surface area contributed by atoms with Crippen LogP contribution in [0.5, 0.6) is 11.5 Å². The lowest BCUT2D eigenvalue weighted by molar-refractivity contribution is 0.193. The van der Waals surface area contributed by atoms with E-state index in [1.165, 1.54) is 25.9 Å². The van der Waals surface area contributed by atoms with Crippen molar-refractivity contribution in [3.63, 3.8) is 0 Å². The van der Waals surface area contributed by atoms with Gasteiger partial charge in [0.2, 0.25) is 0 Å². The van der Waals surface area contributed by atoms with Crippen molar-refractivity contribution < 1.29 is 9.47 Å². The van der Waals surface area contributed by atoms with E-state index in [1.54, 1.807) is 14.2 Å². The fourth-order valence-electron chi connectivity index (χ4n) is 2.77. The smallest absolute Gasteiger partial charge is 0.123 e. The first-order valence-electron chi connectivity index (χ1n) is 7.87. The van der Waals surface area contributed by atoms with Crippen LogP contribution in [-0.2, 0) is 6.54 Å². The van der Waals surface area contributed by atoms with Crippen molar-refractivity contribution in [3.8, 4) is 11.5 Å². The normalized spacial score (nSPS) is 16.9. The van der Waals surface area contributed by atoms with Crippen molar-refractivity contribution in [2.75, 3.05) is 40.4 Å². The van der Waals surface area contributed by atoms with E-state index in [0.29, 0.717) is 0 Å². The van der Waals surface area contributed by atoms with Gasteiger partial charge < -0.3 is 19.7 Å². The average molecular weight is 292 g/mol. The van der Waals surface area contributed by atoms with Crippen LogP contribution >= 0.6 is 0 Å². The van der Waals surface area contributed by atoms with Crippen LogP contribution in [0.1, 0.15) is 25.3 Å². The third-order valence-electron chi connectivity index (χ3n) is 4.28. The number of methoxy groups -OCH3 is 2. The van der Waals surface area contributed by atoms with Crippen LogP contribution < -0.4 is 14.8 Å². The second kappa shape index (κ2) is 8.25. The van der Waals surface area contributed by atoms with Gasteiger partial charge in [0.1, 0.15) is 11.5 Å². The highest BCUT2D eigenvalue weighted by Crippen LogP contribution is 2.23. The van der Waals surface area contributed by atoms with Gasteiger partial charge >= 0.3 is 0 Å². The molecule has 21 heavy (non-hydrogen) atoms. The summed E-state index contributed by atoms with van der Waals surface area (Å²) >= 11 is 0. The molecule has 4 nitrogen and oxygen atoms in total. The number of piperidine rings is 1. The standard InChI is InChI=1S/C17H28N2O2/c1-14-6-9-19(10-7-14)11-8-18-13-15-12-16(20-2)4-5-17(15)21-3/h4-5,12,14,18H,6-11,13H2,1-3H3. The maximum Gasteiger partial charge on any atom is 0.123 e. The number of likely N-dealkylation sites (tertiary alicyclic amines) is 1. The number of ether oxygens (including phenoxy) is 2. The Labute approximate surface area is 128 Å². The first-order valence-corrected chi connectivity index (χ1v) is 7.87. The summed E-state index contributed by atoms with van der Waals surface area (Å²) in [5.74, 6) is 2.68. The minimum absolute atomic E-state index is 0.810. The number of hydrogen-bond donors (Lipinski definition) is 1. The predicted molar refractivity (Wildman–Crippen MR) is 86.1 cm³/mol. The average Bonchev–Trinajstić information content (AvgIpc) is 2.53. The SMILES string of the molecule is COc1ccc(OC)c(CNCCN2CCC(C)CC2)c1. The van der Waals surface area contributed by atoms with E-state index in [2.05, 4.69) is 17.1 Å². The topological polar surface area (TPSA) is 33.7 Å². The third-order valence-corrected chi connectivity index (χ3v) is 4.28. The number of nitrogens with one attached hydrogen (secondary N) is 1. The van der Waals surface area contributed by atoms with Gasteiger partial charge in [0.25, 0.3) is 0 Å². The quantitative estimate of drug-likeness (QED) is 0.783. The number of nitrogens with zero attached hydrogens (tertiary/aromatic N) is 1. The molecule has 1 saturated heterocycles. The highest BCUT2D eigenvalue weighted by atomic mass is 16.5. The summed E-state index contributed by atoms with van der Waals surface area (Å²) in [6.45, 7) is 7.78. The van der Waals surface area contributed by atoms with Gasteiger partial charge in [0, 0.05) is 25.2 Å². The Kier molecular flexibility index (Phi) is 6.33. The molecule has 1 aromatic carbocycles. The Morgan fingerprint density at radius 2 is 1.95 bits per heavy atom. The van der Waals surface area contributed by atoms with Gasteiger partial charge in [-0.1, -0.05) is 6.92 Å². The Morgan fingerprint density at radius 1 is 1.19 bits per heavy atom. The summed E-state index contributed by atoms with van der Waals surface area (Å²) < 4.78 is 10.7. The molecular weight excluding hydrogens is 264 g/mol. The molecule has 4 heteroatoms. The monoisotopic (exact) mass is 292 g/mol. The summed E-state index contributed by atoms with van der Waals surface area (Å²) in [6.07, 6.45) is 2.67. The van der Waals surface area contributed by atoms with Crippen molar-refractivity contribution in [2.45, 2.75) is 26.3 Å². The lowest BCUT2D eigenvalue weighted by Gasteiger charge is -2.30. The second-order valence-electron chi connectivity index (χ2n) is 5.88. The highest BCUT2D eigenvalue weighted by molar-refractivity contribution is 5.40. The number of benzene rings is 1. The van der Waals surface area contributed by atoms with Crippen LogP contribution in [0.4, 0.5) is 0 Å². The molecule has 118 valence electrons.